The Morgan fingerprint density at radius 2 is 1.75 bits per heavy atom. The van der Waals surface area contributed by atoms with Crippen LogP contribution in [0.15, 0.2) is 72.9 Å². The van der Waals surface area contributed by atoms with Gasteiger partial charge in [-0.25, -0.2) is 0 Å². The van der Waals surface area contributed by atoms with Gasteiger partial charge in [0.25, 0.3) is 0 Å². The molecule has 1 atom stereocenters. The summed E-state index contributed by atoms with van der Waals surface area (Å²) in [4.78, 5) is 19.5. The lowest BCUT2D eigenvalue weighted by Gasteiger charge is -2.28. The highest BCUT2D eigenvalue weighted by Gasteiger charge is 2.15. The summed E-state index contributed by atoms with van der Waals surface area (Å²) < 4.78 is 11.2. The monoisotopic (exact) mass is 430 g/mol. The molecule has 0 amide bonds. The fraction of sp³-hybridized carbons (Fsp3) is 0.333. The number of morpholine rings is 1. The summed E-state index contributed by atoms with van der Waals surface area (Å²) in [6.07, 6.45) is 2.66. The lowest BCUT2D eigenvalue weighted by Crippen LogP contribution is -2.36. The van der Waals surface area contributed by atoms with Gasteiger partial charge in [-0.1, -0.05) is 49.4 Å². The third kappa shape index (κ3) is 6.17. The van der Waals surface area contributed by atoms with Crippen molar-refractivity contribution in [1.82, 2.24) is 4.98 Å². The van der Waals surface area contributed by atoms with Gasteiger partial charge in [0.2, 0.25) is 0 Å². The number of nitrogens with zero attached hydrogens (tertiary/aromatic N) is 2. The van der Waals surface area contributed by atoms with Gasteiger partial charge in [-0.2, -0.15) is 0 Å². The summed E-state index contributed by atoms with van der Waals surface area (Å²) in [7, 11) is 0. The van der Waals surface area contributed by atoms with E-state index in [1.165, 1.54) is 5.69 Å². The third-order valence-corrected chi connectivity index (χ3v) is 5.76. The molecule has 0 spiro atoms. The first-order chi connectivity index (χ1) is 15.7. The van der Waals surface area contributed by atoms with Crippen molar-refractivity contribution in [2.24, 2.45) is 0 Å². The summed E-state index contributed by atoms with van der Waals surface area (Å²) in [5.74, 6) is 1.03. The first kappa shape index (κ1) is 22.0. The Morgan fingerprint density at radius 3 is 2.44 bits per heavy atom. The molecule has 1 saturated heterocycles. The van der Waals surface area contributed by atoms with Gasteiger partial charge >= 0.3 is 0 Å². The lowest BCUT2D eigenvalue weighted by atomic mass is 9.96. The van der Waals surface area contributed by atoms with E-state index in [0.717, 1.165) is 48.9 Å². The number of pyridine rings is 1. The van der Waals surface area contributed by atoms with Gasteiger partial charge in [0.1, 0.15) is 18.1 Å². The molecule has 0 N–H and O–H groups in total. The molecule has 1 aromatic heterocycles. The Labute approximate surface area is 190 Å². The van der Waals surface area contributed by atoms with E-state index in [9.17, 15) is 4.79 Å². The van der Waals surface area contributed by atoms with Crippen molar-refractivity contribution in [2.75, 3.05) is 31.2 Å². The van der Waals surface area contributed by atoms with Gasteiger partial charge in [0.05, 0.1) is 19.4 Å². The fourth-order valence-electron chi connectivity index (χ4n) is 3.90. The summed E-state index contributed by atoms with van der Waals surface area (Å²) >= 11 is 0. The molecule has 0 aliphatic carbocycles. The molecule has 2 aromatic carbocycles. The topological polar surface area (TPSA) is 51.7 Å². The van der Waals surface area contributed by atoms with Gasteiger partial charge in [-0.3, -0.25) is 9.78 Å². The minimum absolute atomic E-state index is 0.0679. The Kier molecular flexibility index (Phi) is 7.51. The third-order valence-electron chi connectivity index (χ3n) is 5.76. The van der Waals surface area contributed by atoms with E-state index in [-0.39, 0.29) is 11.7 Å². The molecule has 4 rings (SSSR count). The number of hydrogen-bond donors (Lipinski definition) is 0. The maximum atomic E-state index is 12.6. The Morgan fingerprint density at radius 1 is 1.00 bits per heavy atom. The van der Waals surface area contributed by atoms with Crippen LogP contribution in [-0.2, 0) is 22.6 Å². The van der Waals surface area contributed by atoms with Crippen LogP contribution in [0, 0.1) is 0 Å². The van der Waals surface area contributed by atoms with Gasteiger partial charge in [0, 0.05) is 43.2 Å². The molecule has 3 aromatic rings. The summed E-state index contributed by atoms with van der Waals surface area (Å²) in [5, 5.41) is 0. The highest BCUT2D eigenvalue weighted by Crippen LogP contribution is 2.22. The van der Waals surface area contributed by atoms with Crippen LogP contribution < -0.4 is 9.64 Å². The van der Waals surface area contributed by atoms with Crippen molar-refractivity contribution < 1.29 is 14.3 Å². The van der Waals surface area contributed by atoms with E-state index < -0.39 is 0 Å². The standard InChI is InChI=1S/C27H30N2O3/c1-21(27-12-11-26(19-28-27)32-20-23-5-3-2-4-6-23)17-25(30)18-22-7-9-24(10-8-22)29-13-15-31-16-14-29/h2-12,19,21H,13-18,20H2,1H3/t21-/m0/s1. The van der Waals surface area contributed by atoms with Gasteiger partial charge in [-0.05, 0) is 35.4 Å². The number of ether oxygens (including phenoxy) is 2. The van der Waals surface area contributed by atoms with Crippen molar-refractivity contribution in [3.63, 3.8) is 0 Å². The lowest BCUT2D eigenvalue weighted by molar-refractivity contribution is -0.118. The highest BCUT2D eigenvalue weighted by molar-refractivity contribution is 5.81. The number of aromatic nitrogens is 1. The predicted molar refractivity (Wildman–Crippen MR) is 126 cm³/mol. The Balaban J connectivity index is 1.25. The molecule has 0 unspecified atom stereocenters. The molecular weight excluding hydrogens is 400 g/mol. The first-order valence-corrected chi connectivity index (χ1v) is 11.2. The number of Topliss-reactive ketones (excluding diaryl/α,β-unsaturated/α-hetero) is 1. The molecule has 32 heavy (non-hydrogen) atoms. The number of rotatable bonds is 9. The quantitative estimate of drug-likeness (QED) is 0.488. The molecule has 5 heteroatoms. The number of benzene rings is 2. The minimum Gasteiger partial charge on any atom is -0.487 e. The summed E-state index contributed by atoms with van der Waals surface area (Å²) in [5.41, 5.74) is 4.27. The van der Waals surface area contributed by atoms with E-state index in [1.807, 2.05) is 49.4 Å². The first-order valence-electron chi connectivity index (χ1n) is 11.2. The maximum Gasteiger partial charge on any atom is 0.138 e. The second-order valence-electron chi connectivity index (χ2n) is 8.28. The van der Waals surface area contributed by atoms with Crippen molar-refractivity contribution in [1.29, 1.82) is 0 Å². The SMILES string of the molecule is C[C@@H](CC(=O)Cc1ccc(N2CCOCC2)cc1)c1ccc(OCc2ccccc2)cn1. The van der Waals surface area contributed by atoms with Crippen LogP contribution in [0.1, 0.15) is 36.1 Å². The zero-order valence-corrected chi connectivity index (χ0v) is 18.6. The van der Waals surface area contributed by atoms with E-state index in [1.54, 1.807) is 6.20 Å². The predicted octanol–water partition coefficient (Wildman–Crippen LogP) is 4.80. The zero-order valence-electron chi connectivity index (χ0n) is 18.6. The minimum atomic E-state index is 0.0679. The van der Waals surface area contributed by atoms with Crippen LogP contribution in [0.25, 0.3) is 0 Å². The van der Waals surface area contributed by atoms with Crippen LogP contribution in [0.2, 0.25) is 0 Å². The molecule has 166 valence electrons. The van der Waals surface area contributed by atoms with Crippen LogP contribution >= 0.6 is 0 Å². The van der Waals surface area contributed by atoms with E-state index in [2.05, 4.69) is 34.1 Å². The van der Waals surface area contributed by atoms with Gasteiger partial charge < -0.3 is 14.4 Å². The number of hydrogen-bond acceptors (Lipinski definition) is 5. The largest absolute Gasteiger partial charge is 0.487 e. The van der Waals surface area contributed by atoms with Crippen LogP contribution in [0.5, 0.6) is 5.75 Å². The molecule has 0 saturated carbocycles. The van der Waals surface area contributed by atoms with Crippen molar-refractivity contribution >= 4 is 11.5 Å². The van der Waals surface area contributed by atoms with E-state index in [4.69, 9.17) is 9.47 Å². The van der Waals surface area contributed by atoms with Crippen molar-refractivity contribution in [2.45, 2.75) is 32.3 Å². The maximum absolute atomic E-state index is 12.6. The highest BCUT2D eigenvalue weighted by atomic mass is 16.5. The molecule has 0 radical (unpaired) electrons. The van der Waals surface area contributed by atoms with Crippen molar-refractivity contribution in [3.8, 4) is 5.75 Å². The fourth-order valence-corrected chi connectivity index (χ4v) is 3.90. The van der Waals surface area contributed by atoms with Crippen LogP contribution in [-0.4, -0.2) is 37.1 Å². The van der Waals surface area contributed by atoms with Crippen LogP contribution in [0.3, 0.4) is 0 Å². The molecule has 0 bridgehead atoms. The normalized spacial score (nSPS) is 14.7. The van der Waals surface area contributed by atoms with Gasteiger partial charge in [0.15, 0.2) is 0 Å². The van der Waals surface area contributed by atoms with Crippen LogP contribution in [0.4, 0.5) is 5.69 Å². The molecular formula is C27H30N2O3. The van der Waals surface area contributed by atoms with Crippen molar-refractivity contribution in [3.05, 3.63) is 89.7 Å². The zero-order chi connectivity index (χ0) is 22.2. The Hall–Kier alpha value is -3.18. The molecule has 1 aliphatic rings. The molecule has 1 aliphatic heterocycles. The number of carbonyl (C=O) groups is 1. The molecule has 2 heterocycles. The number of anilines is 1. The average Bonchev–Trinajstić information content (AvgIpc) is 2.84. The summed E-state index contributed by atoms with van der Waals surface area (Å²) in [6.45, 7) is 5.93. The average molecular weight is 431 g/mol. The van der Waals surface area contributed by atoms with E-state index in [0.29, 0.717) is 19.4 Å². The number of ketones is 1. The molecule has 5 nitrogen and oxygen atoms in total. The summed E-state index contributed by atoms with van der Waals surface area (Å²) in [6, 6.07) is 22.3. The van der Waals surface area contributed by atoms with E-state index >= 15 is 0 Å². The second kappa shape index (κ2) is 10.9. The molecule has 1 fully saturated rings. The van der Waals surface area contributed by atoms with Gasteiger partial charge in [-0.15, -0.1) is 0 Å². The second-order valence-corrected chi connectivity index (χ2v) is 8.28. The smallest absolute Gasteiger partial charge is 0.138 e. The Bertz CT molecular complexity index is 982. The number of carbonyl (C=O) groups excluding carboxylic acids is 1.